The van der Waals surface area contributed by atoms with Crippen molar-refractivity contribution >= 4 is 22.9 Å². The summed E-state index contributed by atoms with van der Waals surface area (Å²) in [6.07, 6.45) is 0. The highest BCUT2D eigenvalue weighted by molar-refractivity contribution is 7.80. The fraction of sp³-hybridized carbons (Fsp3) is 0.292. The predicted octanol–water partition coefficient (Wildman–Crippen LogP) is 4.44. The van der Waals surface area contributed by atoms with Gasteiger partial charge in [0, 0.05) is 17.8 Å². The van der Waals surface area contributed by atoms with E-state index in [1.807, 2.05) is 61.2 Å². The molecule has 0 spiro atoms. The van der Waals surface area contributed by atoms with Gasteiger partial charge in [0.05, 0.1) is 32.9 Å². The molecule has 0 radical (unpaired) electrons. The van der Waals surface area contributed by atoms with Crippen LogP contribution in [0.5, 0.6) is 17.2 Å². The van der Waals surface area contributed by atoms with Crippen LogP contribution in [0, 0.1) is 0 Å². The Labute approximate surface area is 198 Å². The molecule has 3 aromatic rings. The Hall–Kier alpha value is -3.59. The molecule has 4 rings (SSSR count). The third-order valence-corrected chi connectivity index (χ3v) is 6.00. The Balaban J connectivity index is 1.79. The molecular formula is C24H26N4O4S. The lowest BCUT2D eigenvalue weighted by Gasteiger charge is -2.36. The molecule has 2 heterocycles. The van der Waals surface area contributed by atoms with Crippen molar-refractivity contribution in [2.45, 2.75) is 19.9 Å². The lowest BCUT2D eigenvalue weighted by molar-refractivity contribution is 0.354. The average Bonchev–Trinajstić information content (AvgIpc) is 3.33. The summed E-state index contributed by atoms with van der Waals surface area (Å²) in [5, 5.41) is 8.28. The molecule has 0 amide bonds. The lowest BCUT2D eigenvalue weighted by Crippen LogP contribution is -2.45. The smallest absolute Gasteiger partial charge is 0.258 e. The number of methoxy groups -OCH3 is 3. The fourth-order valence-electron chi connectivity index (χ4n) is 3.91. The van der Waals surface area contributed by atoms with Crippen LogP contribution in [-0.2, 0) is 0 Å². The molecule has 2 aromatic carbocycles. The van der Waals surface area contributed by atoms with E-state index in [2.05, 4.69) is 10.5 Å². The molecular weight excluding hydrogens is 440 g/mol. The zero-order chi connectivity index (χ0) is 23.5. The van der Waals surface area contributed by atoms with Crippen molar-refractivity contribution in [2.24, 2.45) is 0 Å². The highest BCUT2D eigenvalue weighted by Crippen LogP contribution is 2.40. The van der Waals surface area contributed by atoms with Crippen LogP contribution in [0.2, 0.25) is 0 Å². The van der Waals surface area contributed by atoms with Crippen LogP contribution in [0.25, 0.3) is 17.0 Å². The molecule has 172 valence electrons. The first-order valence-corrected chi connectivity index (χ1v) is 10.9. The maximum Gasteiger partial charge on any atom is 0.258 e. The standard InChI is InChI=1S/C24H26N4O4S/c1-6-28-14(2)20(23-26-22(27-32-23)15-7-10-17(29-3)11-8-15)21(25-24(28)33)16-9-12-18(30-4)19(13-16)31-5/h7-13,21H,6H2,1-5H3,(H,25,33). The van der Waals surface area contributed by atoms with Crippen LogP contribution >= 0.6 is 12.2 Å². The Morgan fingerprint density at radius 1 is 1.03 bits per heavy atom. The first-order valence-electron chi connectivity index (χ1n) is 10.5. The van der Waals surface area contributed by atoms with Crippen molar-refractivity contribution < 1.29 is 18.7 Å². The van der Waals surface area contributed by atoms with E-state index in [1.165, 1.54) is 0 Å². The summed E-state index contributed by atoms with van der Waals surface area (Å²) in [6.45, 7) is 4.76. The van der Waals surface area contributed by atoms with E-state index in [0.29, 0.717) is 34.9 Å². The number of thiocarbonyl (C=S) groups is 1. The van der Waals surface area contributed by atoms with Crippen LogP contribution in [0.1, 0.15) is 31.3 Å². The van der Waals surface area contributed by atoms with Gasteiger partial charge in [-0.25, -0.2) is 0 Å². The number of hydrogen-bond acceptors (Lipinski definition) is 7. The summed E-state index contributed by atoms with van der Waals surface area (Å²) < 4.78 is 21.9. The minimum Gasteiger partial charge on any atom is -0.497 e. The van der Waals surface area contributed by atoms with Crippen LogP contribution < -0.4 is 19.5 Å². The molecule has 0 saturated carbocycles. The monoisotopic (exact) mass is 466 g/mol. The highest BCUT2D eigenvalue weighted by Gasteiger charge is 2.34. The lowest BCUT2D eigenvalue weighted by atomic mass is 9.94. The van der Waals surface area contributed by atoms with Crippen molar-refractivity contribution in [3.8, 4) is 28.6 Å². The fourth-order valence-corrected chi connectivity index (χ4v) is 4.30. The summed E-state index contributed by atoms with van der Waals surface area (Å²) >= 11 is 5.64. The molecule has 0 aliphatic carbocycles. The average molecular weight is 467 g/mol. The van der Waals surface area contributed by atoms with Gasteiger partial charge in [0.25, 0.3) is 5.89 Å². The molecule has 0 bridgehead atoms. The zero-order valence-electron chi connectivity index (χ0n) is 19.2. The van der Waals surface area contributed by atoms with E-state index in [9.17, 15) is 0 Å². The number of rotatable bonds is 7. The van der Waals surface area contributed by atoms with Gasteiger partial charge in [0.1, 0.15) is 5.75 Å². The van der Waals surface area contributed by atoms with E-state index < -0.39 is 0 Å². The molecule has 1 atom stereocenters. The van der Waals surface area contributed by atoms with Crippen LogP contribution in [0.4, 0.5) is 0 Å². The van der Waals surface area contributed by atoms with Gasteiger partial charge < -0.3 is 29.0 Å². The summed E-state index contributed by atoms with van der Waals surface area (Å²) in [7, 11) is 4.85. The third-order valence-electron chi connectivity index (χ3n) is 5.66. The maximum atomic E-state index is 5.75. The molecule has 8 nitrogen and oxygen atoms in total. The van der Waals surface area contributed by atoms with Gasteiger partial charge in [-0.2, -0.15) is 4.98 Å². The number of benzene rings is 2. The van der Waals surface area contributed by atoms with Gasteiger partial charge in [-0.1, -0.05) is 11.2 Å². The van der Waals surface area contributed by atoms with E-state index in [-0.39, 0.29) is 6.04 Å². The van der Waals surface area contributed by atoms with Gasteiger partial charge in [-0.05, 0) is 68.0 Å². The molecule has 1 aliphatic rings. The van der Waals surface area contributed by atoms with Crippen molar-refractivity contribution in [3.63, 3.8) is 0 Å². The van der Waals surface area contributed by atoms with Crippen LogP contribution in [0.3, 0.4) is 0 Å². The van der Waals surface area contributed by atoms with Crippen molar-refractivity contribution in [3.05, 3.63) is 59.6 Å². The Morgan fingerprint density at radius 3 is 2.39 bits per heavy atom. The van der Waals surface area contributed by atoms with Crippen LogP contribution in [0.15, 0.2) is 52.7 Å². The topological polar surface area (TPSA) is 81.9 Å². The van der Waals surface area contributed by atoms with Gasteiger partial charge >= 0.3 is 0 Å². The van der Waals surface area contributed by atoms with E-state index in [1.54, 1.807) is 21.3 Å². The van der Waals surface area contributed by atoms with Crippen molar-refractivity contribution in [1.82, 2.24) is 20.4 Å². The van der Waals surface area contributed by atoms with Gasteiger partial charge in [-0.3, -0.25) is 0 Å². The Bertz CT molecular complexity index is 1190. The molecule has 0 fully saturated rings. The highest BCUT2D eigenvalue weighted by atomic mass is 32.1. The first-order chi connectivity index (χ1) is 16.0. The third kappa shape index (κ3) is 4.23. The number of allylic oxidation sites excluding steroid dienone is 1. The second-order valence-corrected chi connectivity index (χ2v) is 7.78. The molecule has 1 N–H and O–H groups in total. The minimum atomic E-state index is -0.302. The molecule has 0 saturated heterocycles. The van der Waals surface area contributed by atoms with Crippen molar-refractivity contribution in [2.75, 3.05) is 27.9 Å². The van der Waals surface area contributed by atoms with Gasteiger partial charge in [-0.15, -0.1) is 0 Å². The second kappa shape index (κ2) is 9.50. The summed E-state index contributed by atoms with van der Waals surface area (Å²) in [6, 6.07) is 13.0. The Kier molecular flexibility index (Phi) is 6.50. The van der Waals surface area contributed by atoms with Gasteiger partial charge in [0.15, 0.2) is 16.6 Å². The number of aromatic nitrogens is 2. The maximum absolute atomic E-state index is 5.75. The van der Waals surface area contributed by atoms with E-state index in [0.717, 1.165) is 28.1 Å². The SMILES string of the molecule is CCN1C(=S)NC(c2ccc(OC)c(OC)c2)C(c2nc(-c3ccc(OC)cc3)no2)=C1C. The second-order valence-electron chi connectivity index (χ2n) is 7.39. The predicted molar refractivity (Wildman–Crippen MR) is 129 cm³/mol. The molecule has 9 heteroatoms. The van der Waals surface area contributed by atoms with Crippen molar-refractivity contribution in [1.29, 1.82) is 0 Å². The Morgan fingerprint density at radius 2 is 1.76 bits per heavy atom. The summed E-state index contributed by atoms with van der Waals surface area (Å²) in [4.78, 5) is 6.73. The van der Waals surface area contributed by atoms with Gasteiger partial charge in [0.2, 0.25) is 5.82 Å². The number of ether oxygens (including phenoxy) is 3. The number of hydrogen-bond donors (Lipinski definition) is 1. The summed E-state index contributed by atoms with van der Waals surface area (Å²) in [5.74, 6) is 2.96. The molecule has 1 unspecified atom stereocenters. The van der Waals surface area contributed by atoms with Crippen LogP contribution in [-0.4, -0.2) is 48.0 Å². The zero-order valence-corrected chi connectivity index (χ0v) is 20.0. The molecule has 1 aromatic heterocycles. The minimum absolute atomic E-state index is 0.302. The van der Waals surface area contributed by atoms with E-state index >= 15 is 0 Å². The normalized spacial score (nSPS) is 16.0. The number of nitrogens with one attached hydrogen (secondary N) is 1. The molecule has 1 aliphatic heterocycles. The quantitative estimate of drug-likeness (QED) is 0.508. The number of nitrogens with zero attached hydrogens (tertiary/aromatic N) is 3. The first kappa shape index (κ1) is 22.6. The largest absolute Gasteiger partial charge is 0.497 e. The van der Waals surface area contributed by atoms with E-state index in [4.69, 9.17) is 35.9 Å². The molecule has 33 heavy (non-hydrogen) atoms. The summed E-state index contributed by atoms with van der Waals surface area (Å²) in [5.41, 5.74) is 3.57.